The number of nitrogens with zero attached hydrogens (tertiary/aromatic N) is 3. The van der Waals surface area contributed by atoms with E-state index in [1.54, 1.807) is 29.6 Å². The summed E-state index contributed by atoms with van der Waals surface area (Å²) in [7, 11) is 0. The lowest BCUT2D eigenvalue weighted by Crippen LogP contribution is -2.00. The van der Waals surface area contributed by atoms with Gasteiger partial charge in [-0.2, -0.15) is 5.26 Å². The lowest BCUT2D eigenvalue weighted by atomic mass is 10.1. The van der Waals surface area contributed by atoms with E-state index < -0.39 is 4.92 Å². The minimum absolute atomic E-state index is 0.0377. The zero-order valence-corrected chi connectivity index (χ0v) is 16.9. The SMILES string of the molecule is CC(=O)c1cc2c(cc1N/C=C(\C#N)c1nc(-c3cccc([N+](=O)[O-])c3)cs1)OCO2. The molecule has 0 spiro atoms. The van der Waals surface area contributed by atoms with E-state index in [-0.39, 0.29) is 23.8 Å². The Morgan fingerprint density at radius 1 is 1.32 bits per heavy atom. The van der Waals surface area contributed by atoms with Crippen molar-refractivity contribution in [2.24, 2.45) is 0 Å². The highest BCUT2D eigenvalue weighted by atomic mass is 32.1. The largest absolute Gasteiger partial charge is 0.454 e. The Morgan fingerprint density at radius 2 is 2.10 bits per heavy atom. The molecule has 0 aliphatic carbocycles. The summed E-state index contributed by atoms with van der Waals surface area (Å²) in [6.07, 6.45) is 1.46. The van der Waals surface area contributed by atoms with Gasteiger partial charge >= 0.3 is 0 Å². The van der Waals surface area contributed by atoms with Crippen LogP contribution in [0.25, 0.3) is 16.8 Å². The number of non-ortho nitro benzene ring substituents is 1. The monoisotopic (exact) mass is 434 g/mol. The number of hydrogen-bond donors (Lipinski definition) is 1. The third-order valence-electron chi connectivity index (χ3n) is 4.47. The predicted octanol–water partition coefficient (Wildman–Crippen LogP) is 4.63. The molecule has 4 rings (SSSR count). The first-order valence-corrected chi connectivity index (χ1v) is 9.86. The highest BCUT2D eigenvalue weighted by Gasteiger charge is 2.19. The van der Waals surface area contributed by atoms with Gasteiger partial charge < -0.3 is 14.8 Å². The van der Waals surface area contributed by atoms with Crippen molar-refractivity contribution in [2.75, 3.05) is 12.1 Å². The van der Waals surface area contributed by atoms with Crippen LogP contribution in [0.4, 0.5) is 11.4 Å². The number of carbonyl (C=O) groups excluding carboxylic acids is 1. The van der Waals surface area contributed by atoms with Gasteiger partial charge in [0, 0.05) is 40.9 Å². The summed E-state index contributed by atoms with van der Waals surface area (Å²) in [4.78, 5) is 27.0. The topological polar surface area (TPSA) is 127 Å². The number of nitro benzene ring substituents is 1. The second kappa shape index (κ2) is 8.25. The summed E-state index contributed by atoms with van der Waals surface area (Å²) < 4.78 is 10.7. The molecule has 2 heterocycles. The van der Waals surface area contributed by atoms with Crippen molar-refractivity contribution in [3.05, 3.63) is 68.7 Å². The van der Waals surface area contributed by atoms with Gasteiger partial charge in [-0.3, -0.25) is 14.9 Å². The minimum atomic E-state index is -0.473. The number of rotatable bonds is 6. The highest BCUT2D eigenvalue weighted by molar-refractivity contribution is 7.11. The molecular formula is C21H14N4O5S. The fraction of sp³-hybridized carbons (Fsp3) is 0.0952. The molecule has 2 aromatic carbocycles. The Balaban J connectivity index is 1.62. The number of ether oxygens (including phenoxy) is 2. The standard InChI is InChI=1S/C21H14N4O5S/c1-12(26)16-6-19-20(30-11-29-19)7-17(16)23-9-14(8-22)21-24-18(10-31-21)13-3-2-4-15(5-13)25(27)28/h2-7,9-10,23H,11H2,1H3/b14-9+. The molecule has 1 aromatic heterocycles. The van der Waals surface area contributed by atoms with E-state index in [0.717, 1.165) is 0 Å². The summed E-state index contributed by atoms with van der Waals surface area (Å²) in [6.45, 7) is 1.51. The summed E-state index contributed by atoms with van der Waals surface area (Å²) in [5.41, 5.74) is 2.18. The molecule has 0 saturated heterocycles. The van der Waals surface area contributed by atoms with E-state index in [0.29, 0.717) is 39.0 Å². The molecular weight excluding hydrogens is 420 g/mol. The van der Waals surface area contributed by atoms with Crippen LogP contribution in [-0.4, -0.2) is 22.5 Å². The Kier molecular flexibility index (Phi) is 5.34. The van der Waals surface area contributed by atoms with Crippen LogP contribution in [0, 0.1) is 21.4 Å². The molecule has 154 valence electrons. The van der Waals surface area contributed by atoms with Crippen molar-refractivity contribution in [1.29, 1.82) is 5.26 Å². The number of aromatic nitrogens is 1. The zero-order valence-electron chi connectivity index (χ0n) is 16.1. The fourth-order valence-electron chi connectivity index (χ4n) is 2.95. The van der Waals surface area contributed by atoms with Crippen LogP contribution in [0.3, 0.4) is 0 Å². The molecule has 10 heteroatoms. The second-order valence-electron chi connectivity index (χ2n) is 6.47. The number of anilines is 1. The summed E-state index contributed by atoms with van der Waals surface area (Å²) in [5, 5.41) is 25.7. The lowest BCUT2D eigenvalue weighted by molar-refractivity contribution is -0.384. The molecule has 0 radical (unpaired) electrons. The molecule has 1 aliphatic heterocycles. The maximum atomic E-state index is 12.0. The van der Waals surface area contributed by atoms with Crippen LogP contribution < -0.4 is 14.8 Å². The van der Waals surface area contributed by atoms with Crippen molar-refractivity contribution in [2.45, 2.75) is 6.92 Å². The van der Waals surface area contributed by atoms with Gasteiger partial charge in [-0.05, 0) is 13.0 Å². The number of Topliss-reactive ketones (excluding diaryl/α,β-unsaturated/α-hetero) is 1. The quantitative estimate of drug-likeness (QED) is 0.257. The second-order valence-corrected chi connectivity index (χ2v) is 7.32. The first-order valence-electron chi connectivity index (χ1n) is 8.98. The number of fused-ring (bicyclic) bond motifs is 1. The first kappa shape index (κ1) is 20.1. The van der Waals surface area contributed by atoms with Gasteiger partial charge in [0.2, 0.25) is 6.79 Å². The Hall–Kier alpha value is -4.23. The van der Waals surface area contributed by atoms with E-state index in [1.807, 2.05) is 0 Å². The number of carbonyl (C=O) groups is 1. The van der Waals surface area contributed by atoms with Gasteiger partial charge in [0.15, 0.2) is 17.3 Å². The van der Waals surface area contributed by atoms with Crippen LogP contribution in [0.15, 0.2) is 48.0 Å². The van der Waals surface area contributed by atoms with Crippen molar-refractivity contribution in [1.82, 2.24) is 4.98 Å². The number of nitrogens with one attached hydrogen (secondary N) is 1. The van der Waals surface area contributed by atoms with Gasteiger partial charge in [0.25, 0.3) is 5.69 Å². The third kappa shape index (κ3) is 4.08. The van der Waals surface area contributed by atoms with Crippen LogP contribution in [0.5, 0.6) is 11.5 Å². The molecule has 0 atom stereocenters. The molecule has 9 nitrogen and oxygen atoms in total. The number of nitriles is 1. The van der Waals surface area contributed by atoms with Gasteiger partial charge in [-0.15, -0.1) is 11.3 Å². The van der Waals surface area contributed by atoms with Crippen molar-refractivity contribution in [3.8, 4) is 28.8 Å². The summed E-state index contributed by atoms with van der Waals surface area (Å²) >= 11 is 1.23. The first-order chi connectivity index (χ1) is 15.0. The zero-order chi connectivity index (χ0) is 22.0. The van der Waals surface area contributed by atoms with Crippen LogP contribution >= 0.6 is 11.3 Å². The Bertz CT molecular complexity index is 1280. The molecule has 0 fully saturated rings. The van der Waals surface area contributed by atoms with E-state index in [9.17, 15) is 20.2 Å². The smallest absolute Gasteiger partial charge is 0.270 e. The van der Waals surface area contributed by atoms with Crippen LogP contribution in [0.1, 0.15) is 22.3 Å². The number of ketones is 1. The van der Waals surface area contributed by atoms with Crippen molar-refractivity contribution >= 4 is 34.1 Å². The number of allylic oxidation sites excluding steroid dienone is 1. The predicted molar refractivity (Wildman–Crippen MR) is 114 cm³/mol. The van der Waals surface area contributed by atoms with Crippen molar-refractivity contribution in [3.63, 3.8) is 0 Å². The van der Waals surface area contributed by atoms with Crippen LogP contribution in [0.2, 0.25) is 0 Å². The van der Waals surface area contributed by atoms with Gasteiger partial charge in [-0.1, -0.05) is 12.1 Å². The summed E-state index contributed by atoms with van der Waals surface area (Å²) in [5.74, 6) is 0.818. The molecule has 0 bridgehead atoms. The highest BCUT2D eigenvalue weighted by Crippen LogP contribution is 2.37. The number of hydrogen-bond acceptors (Lipinski definition) is 9. The maximum absolute atomic E-state index is 12.0. The Labute approximate surface area is 180 Å². The molecule has 0 unspecified atom stereocenters. The number of nitro groups is 1. The van der Waals surface area contributed by atoms with E-state index >= 15 is 0 Å². The van der Waals surface area contributed by atoms with E-state index in [4.69, 9.17) is 9.47 Å². The molecule has 1 N–H and O–H groups in total. The molecule has 31 heavy (non-hydrogen) atoms. The third-order valence-corrected chi connectivity index (χ3v) is 5.35. The maximum Gasteiger partial charge on any atom is 0.270 e. The minimum Gasteiger partial charge on any atom is -0.454 e. The molecule has 1 aliphatic rings. The van der Waals surface area contributed by atoms with E-state index in [1.165, 1.54) is 36.6 Å². The summed E-state index contributed by atoms with van der Waals surface area (Å²) in [6, 6.07) is 11.4. The molecule has 3 aromatic rings. The van der Waals surface area contributed by atoms with Crippen LogP contribution in [-0.2, 0) is 0 Å². The lowest BCUT2D eigenvalue weighted by Gasteiger charge is -2.08. The van der Waals surface area contributed by atoms with Gasteiger partial charge in [0.1, 0.15) is 16.6 Å². The number of benzene rings is 2. The van der Waals surface area contributed by atoms with Gasteiger partial charge in [-0.25, -0.2) is 4.98 Å². The van der Waals surface area contributed by atoms with Crippen molar-refractivity contribution < 1.29 is 19.2 Å². The normalized spacial score (nSPS) is 12.3. The molecule has 0 saturated carbocycles. The molecule has 0 amide bonds. The number of thiazole rings is 1. The average molecular weight is 434 g/mol. The average Bonchev–Trinajstić information content (AvgIpc) is 3.43. The fourth-order valence-corrected chi connectivity index (χ4v) is 3.75. The Morgan fingerprint density at radius 3 is 2.81 bits per heavy atom. The van der Waals surface area contributed by atoms with E-state index in [2.05, 4.69) is 16.4 Å². The van der Waals surface area contributed by atoms with Gasteiger partial charge in [0.05, 0.1) is 16.3 Å².